The Hall–Kier alpha value is -3.31. The Kier molecular flexibility index (Phi) is 6.78. The molecule has 0 radical (unpaired) electrons. The second-order valence-electron chi connectivity index (χ2n) is 9.29. The molecular weight excluding hydrogens is 458 g/mol. The summed E-state index contributed by atoms with van der Waals surface area (Å²) >= 11 is 5.95. The van der Waals surface area contributed by atoms with Crippen molar-refractivity contribution in [1.29, 1.82) is 0 Å². The predicted octanol–water partition coefficient (Wildman–Crippen LogP) is 6.69. The smallest absolute Gasteiger partial charge is 0.227 e. The molecule has 1 amide bonds. The largest absolute Gasteiger partial charge is 0.494 e. The maximum Gasteiger partial charge on any atom is 0.227 e. The van der Waals surface area contributed by atoms with Crippen LogP contribution >= 0.6 is 11.6 Å². The number of halogens is 1. The summed E-state index contributed by atoms with van der Waals surface area (Å²) in [6.07, 6.45) is 2.37. The van der Waals surface area contributed by atoms with Crippen LogP contribution < -0.4 is 9.64 Å². The number of hydrogen-bond acceptors (Lipinski definition) is 3. The fourth-order valence-corrected chi connectivity index (χ4v) is 4.88. The lowest BCUT2D eigenvalue weighted by molar-refractivity contribution is -0.117. The molecule has 1 aliphatic rings. The minimum Gasteiger partial charge on any atom is -0.494 e. The van der Waals surface area contributed by atoms with Crippen LogP contribution in [0.1, 0.15) is 42.1 Å². The lowest BCUT2D eigenvalue weighted by Crippen LogP contribution is -2.24. The molecule has 0 N–H and O–H groups in total. The van der Waals surface area contributed by atoms with E-state index in [0.717, 1.165) is 47.7 Å². The normalized spacial score (nSPS) is 15.8. The molecule has 0 bridgehead atoms. The molecule has 35 heavy (non-hydrogen) atoms. The van der Waals surface area contributed by atoms with E-state index < -0.39 is 0 Å². The van der Waals surface area contributed by atoms with Gasteiger partial charge < -0.3 is 14.2 Å². The molecule has 1 aliphatic heterocycles. The highest BCUT2D eigenvalue weighted by Gasteiger charge is 2.34. The number of benzene rings is 3. The van der Waals surface area contributed by atoms with Crippen molar-refractivity contribution in [2.75, 3.05) is 18.1 Å². The van der Waals surface area contributed by atoms with Crippen molar-refractivity contribution in [1.82, 2.24) is 9.55 Å². The van der Waals surface area contributed by atoms with Gasteiger partial charge in [0.2, 0.25) is 5.91 Å². The summed E-state index contributed by atoms with van der Waals surface area (Å²) in [4.78, 5) is 19.9. The van der Waals surface area contributed by atoms with Crippen LogP contribution in [0, 0.1) is 13.8 Å². The molecule has 1 unspecified atom stereocenters. The summed E-state index contributed by atoms with van der Waals surface area (Å²) in [6.45, 7) is 6.33. The van der Waals surface area contributed by atoms with E-state index in [1.54, 1.807) is 0 Å². The molecule has 1 aromatic heterocycles. The molecule has 0 spiro atoms. The molecule has 1 fully saturated rings. The molecule has 180 valence electrons. The second-order valence-corrected chi connectivity index (χ2v) is 9.73. The van der Waals surface area contributed by atoms with Crippen LogP contribution in [-0.4, -0.2) is 28.6 Å². The molecule has 5 nitrogen and oxygen atoms in total. The van der Waals surface area contributed by atoms with Crippen LogP contribution in [0.4, 0.5) is 5.69 Å². The van der Waals surface area contributed by atoms with Crippen molar-refractivity contribution in [3.63, 3.8) is 0 Å². The van der Waals surface area contributed by atoms with Crippen molar-refractivity contribution in [3.05, 3.63) is 88.7 Å². The van der Waals surface area contributed by atoms with E-state index in [4.69, 9.17) is 21.3 Å². The van der Waals surface area contributed by atoms with E-state index in [-0.39, 0.29) is 11.8 Å². The third kappa shape index (κ3) is 5.06. The number of anilines is 1. The van der Waals surface area contributed by atoms with Crippen LogP contribution in [0.15, 0.2) is 66.7 Å². The number of rotatable bonds is 8. The number of fused-ring (bicyclic) bond motifs is 1. The van der Waals surface area contributed by atoms with Gasteiger partial charge in [0.1, 0.15) is 11.6 Å². The Morgan fingerprint density at radius 3 is 2.60 bits per heavy atom. The maximum atomic E-state index is 13.0. The zero-order chi connectivity index (χ0) is 24.4. The Morgan fingerprint density at radius 1 is 1.00 bits per heavy atom. The fraction of sp³-hybridized carbons (Fsp3) is 0.310. The Bertz CT molecular complexity index is 1350. The summed E-state index contributed by atoms with van der Waals surface area (Å²) in [5.74, 6) is 2.07. The number of carbonyl (C=O) groups is 1. The first-order valence-electron chi connectivity index (χ1n) is 12.2. The zero-order valence-corrected chi connectivity index (χ0v) is 21.0. The third-order valence-corrected chi connectivity index (χ3v) is 7.09. The summed E-state index contributed by atoms with van der Waals surface area (Å²) < 4.78 is 8.16. The number of hydrogen-bond donors (Lipinski definition) is 0. The van der Waals surface area contributed by atoms with Crippen molar-refractivity contribution >= 4 is 34.2 Å². The number of unbranched alkanes of at least 4 members (excludes halogenated alkanes) is 1. The molecule has 3 aromatic carbocycles. The van der Waals surface area contributed by atoms with E-state index in [1.165, 1.54) is 11.1 Å². The number of ether oxygens (including phenoxy) is 1. The van der Waals surface area contributed by atoms with E-state index in [0.29, 0.717) is 24.6 Å². The fourth-order valence-electron chi connectivity index (χ4n) is 4.76. The highest BCUT2D eigenvalue weighted by molar-refractivity contribution is 6.30. The van der Waals surface area contributed by atoms with Crippen LogP contribution in [-0.2, 0) is 11.3 Å². The number of aryl methyl sites for hydroxylation is 3. The summed E-state index contributed by atoms with van der Waals surface area (Å²) in [5.41, 5.74) is 5.52. The van der Waals surface area contributed by atoms with Crippen molar-refractivity contribution in [2.45, 2.75) is 45.6 Å². The average molecular weight is 488 g/mol. The monoisotopic (exact) mass is 487 g/mol. The van der Waals surface area contributed by atoms with Crippen LogP contribution in [0.3, 0.4) is 0 Å². The SMILES string of the molecule is Cc1ccc(N2CC(c3nc4ccccc4n3CCCCOc3ccc(Cl)cc3)CC2=O)cc1C. The molecule has 2 heterocycles. The van der Waals surface area contributed by atoms with Gasteiger partial charge in [-0.25, -0.2) is 4.98 Å². The molecule has 1 saturated heterocycles. The Morgan fingerprint density at radius 2 is 1.80 bits per heavy atom. The van der Waals surface area contributed by atoms with Crippen molar-refractivity contribution in [3.8, 4) is 5.75 Å². The van der Waals surface area contributed by atoms with Gasteiger partial charge in [0.05, 0.1) is 17.6 Å². The van der Waals surface area contributed by atoms with E-state index in [2.05, 4.69) is 48.7 Å². The Labute approximate surface area is 211 Å². The molecule has 0 aliphatic carbocycles. The number of imidazole rings is 1. The van der Waals surface area contributed by atoms with E-state index >= 15 is 0 Å². The predicted molar refractivity (Wildman–Crippen MR) is 142 cm³/mol. The van der Waals surface area contributed by atoms with E-state index in [1.807, 2.05) is 41.3 Å². The van der Waals surface area contributed by atoms with Crippen molar-refractivity contribution < 1.29 is 9.53 Å². The first kappa shape index (κ1) is 23.4. The number of amides is 1. The van der Waals surface area contributed by atoms with Gasteiger partial charge in [-0.1, -0.05) is 29.8 Å². The van der Waals surface area contributed by atoms with Gasteiger partial charge in [-0.2, -0.15) is 0 Å². The third-order valence-electron chi connectivity index (χ3n) is 6.83. The number of carbonyl (C=O) groups excluding carboxylic acids is 1. The number of para-hydroxylation sites is 2. The molecular formula is C29H30ClN3O2. The number of aromatic nitrogens is 2. The topological polar surface area (TPSA) is 47.4 Å². The lowest BCUT2D eigenvalue weighted by atomic mass is 10.1. The summed E-state index contributed by atoms with van der Waals surface area (Å²) in [5, 5.41) is 0.707. The first-order valence-corrected chi connectivity index (χ1v) is 12.6. The van der Waals surface area contributed by atoms with Gasteiger partial charge in [0.25, 0.3) is 0 Å². The minimum absolute atomic E-state index is 0.0711. The standard InChI is InChI=1S/C29H30ClN3O2/c1-20-9-12-24(17-21(20)2)33-19-22(18-28(33)34)29-31-26-7-3-4-8-27(26)32(29)15-5-6-16-35-25-13-10-23(30)11-14-25/h3-4,7-14,17,22H,5-6,15-16,18-19H2,1-2H3. The van der Waals surface area contributed by atoms with Gasteiger partial charge in [-0.15, -0.1) is 0 Å². The van der Waals surface area contributed by atoms with Crippen molar-refractivity contribution in [2.24, 2.45) is 0 Å². The minimum atomic E-state index is 0.0711. The summed E-state index contributed by atoms with van der Waals surface area (Å²) in [7, 11) is 0. The molecule has 1 atom stereocenters. The van der Waals surface area contributed by atoms with Gasteiger partial charge >= 0.3 is 0 Å². The molecule has 5 rings (SSSR count). The molecule has 6 heteroatoms. The Balaban J connectivity index is 1.30. The molecule has 4 aromatic rings. The van der Waals surface area contributed by atoms with Gasteiger partial charge in [0, 0.05) is 36.1 Å². The second kappa shape index (κ2) is 10.1. The quantitative estimate of drug-likeness (QED) is 0.260. The van der Waals surface area contributed by atoms with Gasteiger partial charge in [0.15, 0.2) is 0 Å². The maximum absolute atomic E-state index is 13.0. The lowest BCUT2D eigenvalue weighted by Gasteiger charge is -2.18. The van der Waals surface area contributed by atoms with Crippen LogP contribution in [0.2, 0.25) is 5.02 Å². The average Bonchev–Trinajstić information content (AvgIpc) is 3.42. The zero-order valence-electron chi connectivity index (χ0n) is 20.2. The summed E-state index contributed by atoms with van der Waals surface area (Å²) in [6, 6.07) is 21.9. The van der Waals surface area contributed by atoms with E-state index in [9.17, 15) is 4.79 Å². The molecule has 0 saturated carbocycles. The number of nitrogens with zero attached hydrogens (tertiary/aromatic N) is 3. The van der Waals surface area contributed by atoms with Gasteiger partial charge in [-0.05, 0) is 86.3 Å². The van der Waals surface area contributed by atoms with Crippen LogP contribution in [0.25, 0.3) is 11.0 Å². The first-order chi connectivity index (χ1) is 17.0. The van der Waals surface area contributed by atoms with Crippen LogP contribution in [0.5, 0.6) is 5.75 Å². The highest BCUT2D eigenvalue weighted by Crippen LogP contribution is 2.34. The highest BCUT2D eigenvalue weighted by atomic mass is 35.5. The van der Waals surface area contributed by atoms with Gasteiger partial charge in [-0.3, -0.25) is 4.79 Å².